The summed E-state index contributed by atoms with van der Waals surface area (Å²) in [6.45, 7) is 0. The highest BCUT2D eigenvalue weighted by atomic mass is 16.5. The van der Waals surface area contributed by atoms with E-state index in [1.165, 1.54) is 0 Å². The van der Waals surface area contributed by atoms with Gasteiger partial charge in [0.25, 0.3) is 0 Å². The van der Waals surface area contributed by atoms with Gasteiger partial charge in [-0.25, -0.2) is 4.98 Å². The SMILES string of the molecule is COc1cccc(-c2n[nH]c(-c3ccc(OC)c(N)c3)n2)c1. The molecule has 3 aromatic rings. The molecule has 2 aromatic carbocycles. The topological polar surface area (TPSA) is 86.0 Å². The van der Waals surface area contributed by atoms with Gasteiger partial charge in [0.15, 0.2) is 11.6 Å². The number of nitrogens with zero attached hydrogens (tertiary/aromatic N) is 2. The summed E-state index contributed by atoms with van der Waals surface area (Å²) in [5, 5.41) is 7.17. The van der Waals surface area contributed by atoms with Gasteiger partial charge in [-0.3, -0.25) is 5.10 Å². The van der Waals surface area contributed by atoms with Crippen molar-refractivity contribution in [3.05, 3.63) is 42.5 Å². The van der Waals surface area contributed by atoms with Crippen molar-refractivity contribution in [2.75, 3.05) is 20.0 Å². The molecule has 0 unspecified atom stereocenters. The van der Waals surface area contributed by atoms with E-state index in [2.05, 4.69) is 15.2 Å². The van der Waals surface area contributed by atoms with Crippen molar-refractivity contribution in [3.63, 3.8) is 0 Å². The third-order valence-electron chi connectivity index (χ3n) is 3.32. The first-order chi connectivity index (χ1) is 10.7. The Bertz CT molecular complexity index is 798. The van der Waals surface area contributed by atoms with Crippen LogP contribution in [0.1, 0.15) is 0 Å². The van der Waals surface area contributed by atoms with Crippen LogP contribution in [0.3, 0.4) is 0 Å². The zero-order chi connectivity index (χ0) is 15.5. The van der Waals surface area contributed by atoms with Crippen LogP contribution in [0.5, 0.6) is 11.5 Å². The molecule has 0 aliphatic heterocycles. The van der Waals surface area contributed by atoms with Crippen molar-refractivity contribution in [2.24, 2.45) is 0 Å². The standard InChI is InChI=1S/C16H16N4O2/c1-21-12-5-3-4-10(8-12)15-18-16(20-19-15)11-6-7-14(22-2)13(17)9-11/h3-9H,17H2,1-2H3,(H,18,19,20). The number of aromatic amines is 1. The van der Waals surface area contributed by atoms with Gasteiger partial charge in [0, 0.05) is 11.1 Å². The number of anilines is 1. The highest BCUT2D eigenvalue weighted by Crippen LogP contribution is 2.28. The van der Waals surface area contributed by atoms with E-state index in [9.17, 15) is 0 Å². The average Bonchev–Trinajstić information content (AvgIpc) is 3.05. The predicted molar refractivity (Wildman–Crippen MR) is 84.8 cm³/mol. The summed E-state index contributed by atoms with van der Waals surface area (Å²) in [5.74, 6) is 2.64. The number of nitrogens with one attached hydrogen (secondary N) is 1. The maximum atomic E-state index is 5.92. The molecule has 6 nitrogen and oxygen atoms in total. The summed E-state index contributed by atoms with van der Waals surface area (Å²) in [5.41, 5.74) is 8.20. The van der Waals surface area contributed by atoms with Crippen molar-refractivity contribution in [3.8, 4) is 34.3 Å². The van der Waals surface area contributed by atoms with Gasteiger partial charge in [-0.2, -0.15) is 5.10 Å². The van der Waals surface area contributed by atoms with Crippen molar-refractivity contribution < 1.29 is 9.47 Å². The zero-order valence-corrected chi connectivity index (χ0v) is 12.3. The predicted octanol–water partition coefficient (Wildman–Crippen LogP) is 2.74. The third-order valence-corrected chi connectivity index (χ3v) is 3.32. The molecule has 0 aliphatic carbocycles. The molecule has 0 aliphatic rings. The molecular formula is C16H16N4O2. The Balaban J connectivity index is 1.94. The summed E-state index contributed by atoms with van der Waals surface area (Å²) in [4.78, 5) is 4.50. The molecule has 1 heterocycles. The quantitative estimate of drug-likeness (QED) is 0.723. The molecule has 3 rings (SSSR count). The highest BCUT2D eigenvalue weighted by Gasteiger charge is 2.10. The van der Waals surface area contributed by atoms with Crippen LogP contribution in [0, 0.1) is 0 Å². The van der Waals surface area contributed by atoms with E-state index < -0.39 is 0 Å². The summed E-state index contributed by atoms with van der Waals surface area (Å²) in [7, 11) is 3.21. The smallest absolute Gasteiger partial charge is 0.181 e. The minimum Gasteiger partial charge on any atom is -0.497 e. The third kappa shape index (κ3) is 2.58. The lowest BCUT2D eigenvalue weighted by atomic mass is 10.1. The van der Waals surface area contributed by atoms with Crippen LogP contribution in [0.15, 0.2) is 42.5 Å². The number of H-pyrrole nitrogens is 1. The van der Waals surface area contributed by atoms with Crippen molar-refractivity contribution >= 4 is 5.69 Å². The highest BCUT2D eigenvalue weighted by molar-refractivity contribution is 5.68. The van der Waals surface area contributed by atoms with Gasteiger partial charge in [-0.1, -0.05) is 12.1 Å². The van der Waals surface area contributed by atoms with Gasteiger partial charge in [-0.05, 0) is 30.3 Å². The number of methoxy groups -OCH3 is 2. The van der Waals surface area contributed by atoms with E-state index in [4.69, 9.17) is 15.2 Å². The van der Waals surface area contributed by atoms with Gasteiger partial charge >= 0.3 is 0 Å². The summed E-state index contributed by atoms with van der Waals surface area (Å²) < 4.78 is 10.4. The van der Waals surface area contributed by atoms with Crippen LogP contribution >= 0.6 is 0 Å². The molecule has 0 radical (unpaired) electrons. The van der Waals surface area contributed by atoms with Crippen LogP contribution in [0.2, 0.25) is 0 Å². The van der Waals surface area contributed by atoms with E-state index in [1.807, 2.05) is 30.3 Å². The van der Waals surface area contributed by atoms with Gasteiger partial charge in [0.05, 0.1) is 19.9 Å². The van der Waals surface area contributed by atoms with Gasteiger partial charge in [-0.15, -0.1) is 0 Å². The molecule has 112 valence electrons. The number of benzene rings is 2. The molecule has 0 saturated heterocycles. The van der Waals surface area contributed by atoms with Crippen molar-refractivity contribution in [1.82, 2.24) is 15.2 Å². The molecule has 0 atom stereocenters. The van der Waals surface area contributed by atoms with Crippen LogP contribution in [-0.4, -0.2) is 29.4 Å². The maximum Gasteiger partial charge on any atom is 0.181 e. The van der Waals surface area contributed by atoms with E-state index in [0.717, 1.165) is 16.9 Å². The van der Waals surface area contributed by atoms with Gasteiger partial charge in [0.2, 0.25) is 0 Å². The second-order valence-electron chi connectivity index (χ2n) is 4.70. The minimum atomic E-state index is 0.555. The fourth-order valence-corrected chi connectivity index (χ4v) is 2.16. The zero-order valence-electron chi connectivity index (χ0n) is 12.3. The summed E-state index contributed by atoms with van der Waals surface area (Å²) >= 11 is 0. The molecule has 0 amide bonds. The number of nitrogen functional groups attached to an aromatic ring is 1. The Kier molecular flexibility index (Phi) is 3.65. The summed E-state index contributed by atoms with van der Waals surface area (Å²) in [6, 6.07) is 13.1. The normalized spacial score (nSPS) is 10.5. The Labute approximate surface area is 127 Å². The molecule has 6 heteroatoms. The Morgan fingerprint density at radius 3 is 2.59 bits per heavy atom. The number of rotatable bonds is 4. The van der Waals surface area contributed by atoms with Crippen LogP contribution in [-0.2, 0) is 0 Å². The first-order valence-electron chi connectivity index (χ1n) is 6.72. The maximum absolute atomic E-state index is 5.92. The van der Waals surface area contributed by atoms with E-state index >= 15 is 0 Å². The minimum absolute atomic E-state index is 0.555. The van der Waals surface area contributed by atoms with Crippen molar-refractivity contribution in [2.45, 2.75) is 0 Å². The number of hydrogen-bond donors (Lipinski definition) is 2. The van der Waals surface area contributed by atoms with E-state index in [0.29, 0.717) is 23.1 Å². The summed E-state index contributed by atoms with van der Waals surface area (Å²) in [6.07, 6.45) is 0. The number of aromatic nitrogens is 3. The number of ether oxygens (including phenoxy) is 2. The van der Waals surface area contributed by atoms with Crippen molar-refractivity contribution in [1.29, 1.82) is 0 Å². The average molecular weight is 296 g/mol. The first-order valence-corrected chi connectivity index (χ1v) is 6.72. The lowest BCUT2D eigenvalue weighted by Gasteiger charge is -2.05. The lowest BCUT2D eigenvalue weighted by molar-refractivity contribution is 0.415. The Morgan fingerprint density at radius 1 is 1.00 bits per heavy atom. The fourth-order valence-electron chi connectivity index (χ4n) is 2.16. The molecule has 1 aromatic heterocycles. The van der Waals surface area contributed by atoms with Gasteiger partial charge < -0.3 is 15.2 Å². The Morgan fingerprint density at radius 2 is 1.86 bits per heavy atom. The van der Waals surface area contributed by atoms with E-state index in [-0.39, 0.29) is 0 Å². The van der Waals surface area contributed by atoms with Crippen LogP contribution < -0.4 is 15.2 Å². The second-order valence-corrected chi connectivity index (χ2v) is 4.70. The number of nitrogens with two attached hydrogens (primary N) is 1. The molecule has 0 saturated carbocycles. The van der Waals surface area contributed by atoms with Crippen LogP contribution in [0.4, 0.5) is 5.69 Å². The molecule has 0 bridgehead atoms. The molecule has 22 heavy (non-hydrogen) atoms. The van der Waals surface area contributed by atoms with Gasteiger partial charge in [0.1, 0.15) is 11.5 Å². The molecule has 3 N–H and O–H groups in total. The second kappa shape index (κ2) is 5.77. The largest absolute Gasteiger partial charge is 0.497 e. The first kappa shape index (κ1) is 13.9. The Hall–Kier alpha value is -3.02. The van der Waals surface area contributed by atoms with E-state index in [1.54, 1.807) is 26.4 Å². The van der Waals surface area contributed by atoms with Crippen LogP contribution in [0.25, 0.3) is 22.8 Å². The molecule has 0 spiro atoms. The number of hydrogen-bond acceptors (Lipinski definition) is 5. The monoisotopic (exact) mass is 296 g/mol. The molecule has 0 fully saturated rings. The lowest BCUT2D eigenvalue weighted by Crippen LogP contribution is -1.93. The molecular weight excluding hydrogens is 280 g/mol. The fraction of sp³-hybridized carbons (Fsp3) is 0.125.